The Balaban J connectivity index is 2.61. The summed E-state index contributed by atoms with van der Waals surface area (Å²) in [5.41, 5.74) is 1.21. The van der Waals surface area contributed by atoms with Gasteiger partial charge in [0.25, 0.3) is 0 Å². The van der Waals surface area contributed by atoms with Gasteiger partial charge in [0.05, 0.1) is 5.60 Å². The van der Waals surface area contributed by atoms with Crippen molar-refractivity contribution in [3.63, 3.8) is 0 Å². The largest absolute Gasteiger partial charge is 0.376 e. The summed E-state index contributed by atoms with van der Waals surface area (Å²) >= 11 is 6.08. The Morgan fingerprint density at radius 3 is 2.63 bits per heavy atom. The zero-order chi connectivity index (χ0) is 14.3. The summed E-state index contributed by atoms with van der Waals surface area (Å²) in [4.78, 5) is 0. The van der Waals surface area contributed by atoms with Crippen LogP contribution in [0, 0.1) is 0 Å². The second-order valence-corrected chi connectivity index (χ2v) is 6.25. The minimum atomic E-state index is -0.0724. The van der Waals surface area contributed by atoms with Crippen LogP contribution in [0.3, 0.4) is 0 Å². The molecule has 1 rings (SSSR count). The summed E-state index contributed by atoms with van der Waals surface area (Å²) in [7, 11) is 0. The molecule has 19 heavy (non-hydrogen) atoms. The highest BCUT2D eigenvalue weighted by Crippen LogP contribution is 2.23. The van der Waals surface area contributed by atoms with Crippen molar-refractivity contribution < 1.29 is 4.74 Å². The van der Waals surface area contributed by atoms with E-state index in [1.165, 1.54) is 5.56 Å². The predicted molar refractivity (Wildman–Crippen MR) is 83.1 cm³/mol. The molecule has 0 amide bonds. The smallest absolute Gasteiger partial charge is 0.0598 e. The van der Waals surface area contributed by atoms with E-state index in [4.69, 9.17) is 16.3 Å². The molecule has 1 N–H and O–H groups in total. The second kappa shape index (κ2) is 7.88. The van der Waals surface area contributed by atoms with Crippen LogP contribution in [0.15, 0.2) is 24.3 Å². The van der Waals surface area contributed by atoms with Gasteiger partial charge in [-0.05, 0) is 57.4 Å². The number of hydrogen-bond acceptors (Lipinski definition) is 2. The molecule has 0 aliphatic rings. The summed E-state index contributed by atoms with van der Waals surface area (Å²) < 4.78 is 5.83. The molecule has 3 heteroatoms. The summed E-state index contributed by atoms with van der Waals surface area (Å²) in [5, 5.41) is 4.22. The van der Waals surface area contributed by atoms with Gasteiger partial charge in [0.2, 0.25) is 0 Å². The van der Waals surface area contributed by atoms with Crippen molar-refractivity contribution in [3.8, 4) is 0 Å². The lowest BCUT2D eigenvalue weighted by atomic mass is 9.96. The maximum atomic E-state index is 6.08. The van der Waals surface area contributed by atoms with Crippen molar-refractivity contribution >= 4 is 11.6 Å². The Labute approximate surface area is 122 Å². The van der Waals surface area contributed by atoms with E-state index in [-0.39, 0.29) is 5.60 Å². The van der Waals surface area contributed by atoms with E-state index in [2.05, 4.69) is 45.1 Å². The standard InChI is InChI=1S/C16H26ClNO/c1-5-18-12-14(9-10-19-16(2,3)4)13-7-6-8-15(17)11-13/h6-8,11,14,18H,5,9-10,12H2,1-4H3. The summed E-state index contributed by atoms with van der Waals surface area (Å²) in [6.07, 6.45) is 1.00. The van der Waals surface area contributed by atoms with Crippen molar-refractivity contribution in [2.75, 3.05) is 19.7 Å². The predicted octanol–water partition coefficient (Wildman–Crippen LogP) is 4.24. The summed E-state index contributed by atoms with van der Waals surface area (Å²) in [6, 6.07) is 8.13. The van der Waals surface area contributed by atoms with E-state index in [1.807, 2.05) is 12.1 Å². The number of ether oxygens (including phenoxy) is 1. The fourth-order valence-corrected chi connectivity index (χ4v) is 2.17. The molecular formula is C16H26ClNO. The van der Waals surface area contributed by atoms with Gasteiger partial charge in [-0.15, -0.1) is 0 Å². The van der Waals surface area contributed by atoms with Crippen LogP contribution in [-0.2, 0) is 4.74 Å². The van der Waals surface area contributed by atoms with Gasteiger partial charge < -0.3 is 10.1 Å². The monoisotopic (exact) mass is 283 g/mol. The lowest BCUT2D eigenvalue weighted by molar-refractivity contribution is -0.00622. The first-order valence-corrected chi connectivity index (χ1v) is 7.40. The third kappa shape index (κ3) is 6.95. The van der Waals surface area contributed by atoms with Crippen molar-refractivity contribution in [1.82, 2.24) is 5.32 Å². The maximum Gasteiger partial charge on any atom is 0.0598 e. The number of benzene rings is 1. The lowest BCUT2D eigenvalue weighted by Crippen LogP contribution is -2.25. The molecule has 108 valence electrons. The van der Waals surface area contributed by atoms with Crippen molar-refractivity contribution in [3.05, 3.63) is 34.9 Å². The van der Waals surface area contributed by atoms with E-state index >= 15 is 0 Å². The summed E-state index contributed by atoms with van der Waals surface area (Å²) in [5.74, 6) is 0.445. The number of hydrogen-bond donors (Lipinski definition) is 1. The third-order valence-corrected chi connectivity index (χ3v) is 3.20. The third-order valence-electron chi connectivity index (χ3n) is 2.96. The normalized spacial score (nSPS) is 13.5. The molecular weight excluding hydrogens is 258 g/mol. The maximum absolute atomic E-state index is 6.08. The summed E-state index contributed by atoms with van der Waals surface area (Å²) in [6.45, 7) is 11.1. The van der Waals surface area contributed by atoms with Crippen LogP contribution in [0.5, 0.6) is 0 Å². The van der Waals surface area contributed by atoms with E-state index in [0.717, 1.165) is 31.1 Å². The Kier molecular flexibility index (Phi) is 6.84. The molecule has 0 heterocycles. The van der Waals surface area contributed by atoms with Gasteiger partial charge in [-0.2, -0.15) is 0 Å². The molecule has 0 aliphatic carbocycles. The zero-order valence-electron chi connectivity index (χ0n) is 12.5. The Hall–Kier alpha value is -0.570. The van der Waals surface area contributed by atoms with Crippen molar-refractivity contribution in [2.24, 2.45) is 0 Å². The molecule has 1 aromatic rings. The molecule has 2 nitrogen and oxygen atoms in total. The fourth-order valence-electron chi connectivity index (χ4n) is 1.97. The molecule has 1 aromatic carbocycles. The van der Waals surface area contributed by atoms with Crippen LogP contribution in [0.25, 0.3) is 0 Å². The van der Waals surface area contributed by atoms with Gasteiger partial charge in [0.15, 0.2) is 0 Å². The molecule has 1 atom stereocenters. The molecule has 0 saturated carbocycles. The highest BCUT2D eigenvalue weighted by Gasteiger charge is 2.15. The average molecular weight is 284 g/mol. The molecule has 0 spiro atoms. The van der Waals surface area contributed by atoms with Gasteiger partial charge in [-0.3, -0.25) is 0 Å². The topological polar surface area (TPSA) is 21.3 Å². The molecule has 0 aromatic heterocycles. The van der Waals surface area contributed by atoms with Gasteiger partial charge in [0.1, 0.15) is 0 Å². The van der Waals surface area contributed by atoms with Crippen LogP contribution < -0.4 is 5.32 Å². The Bertz CT molecular complexity index is 373. The number of likely N-dealkylation sites (N-methyl/N-ethyl adjacent to an activating group) is 1. The van der Waals surface area contributed by atoms with Gasteiger partial charge in [0, 0.05) is 18.2 Å². The van der Waals surface area contributed by atoms with Crippen LogP contribution in [0.4, 0.5) is 0 Å². The highest BCUT2D eigenvalue weighted by molar-refractivity contribution is 6.30. The molecule has 0 radical (unpaired) electrons. The zero-order valence-corrected chi connectivity index (χ0v) is 13.3. The first-order valence-electron chi connectivity index (χ1n) is 7.02. The van der Waals surface area contributed by atoms with Crippen LogP contribution in [0.1, 0.15) is 45.6 Å². The lowest BCUT2D eigenvalue weighted by Gasteiger charge is -2.23. The van der Waals surface area contributed by atoms with Gasteiger partial charge in [-0.1, -0.05) is 30.7 Å². The van der Waals surface area contributed by atoms with Crippen LogP contribution in [0.2, 0.25) is 5.02 Å². The molecule has 1 unspecified atom stereocenters. The second-order valence-electron chi connectivity index (χ2n) is 5.81. The minimum Gasteiger partial charge on any atom is -0.376 e. The first-order chi connectivity index (χ1) is 8.92. The highest BCUT2D eigenvalue weighted by atomic mass is 35.5. The molecule has 0 bridgehead atoms. The molecule has 0 saturated heterocycles. The Morgan fingerprint density at radius 2 is 2.05 bits per heavy atom. The van der Waals surface area contributed by atoms with E-state index in [0.29, 0.717) is 5.92 Å². The van der Waals surface area contributed by atoms with Gasteiger partial charge in [-0.25, -0.2) is 0 Å². The number of halogens is 1. The molecule has 0 fully saturated rings. The first kappa shape index (κ1) is 16.5. The van der Waals surface area contributed by atoms with Crippen molar-refractivity contribution in [1.29, 1.82) is 0 Å². The number of nitrogens with one attached hydrogen (secondary N) is 1. The minimum absolute atomic E-state index is 0.0724. The quantitative estimate of drug-likeness (QED) is 0.808. The number of rotatable bonds is 7. The van der Waals surface area contributed by atoms with Gasteiger partial charge >= 0.3 is 0 Å². The SMILES string of the molecule is CCNCC(CCOC(C)(C)C)c1cccc(Cl)c1. The van der Waals surface area contributed by atoms with E-state index < -0.39 is 0 Å². The fraction of sp³-hybridized carbons (Fsp3) is 0.625. The Morgan fingerprint density at radius 1 is 1.32 bits per heavy atom. The van der Waals surface area contributed by atoms with E-state index in [1.54, 1.807) is 0 Å². The average Bonchev–Trinajstić information content (AvgIpc) is 2.32. The van der Waals surface area contributed by atoms with Crippen molar-refractivity contribution in [2.45, 2.75) is 45.6 Å². The van der Waals surface area contributed by atoms with Crippen LogP contribution >= 0.6 is 11.6 Å². The molecule has 0 aliphatic heterocycles. The van der Waals surface area contributed by atoms with E-state index in [9.17, 15) is 0 Å². The van der Waals surface area contributed by atoms with Crippen LogP contribution in [-0.4, -0.2) is 25.3 Å².